The van der Waals surface area contributed by atoms with Crippen LogP contribution in [0.1, 0.15) is 6.92 Å². The molecule has 3 heteroatoms. The van der Waals surface area contributed by atoms with Crippen LogP contribution in [0, 0.1) is 0 Å². The Morgan fingerprint density at radius 3 is 3.09 bits per heavy atom. The highest BCUT2D eigenvalue weighted by atomic mass is 31.1. The fraction of sp³-hybridized carbons (Fsp3) is 0.750. The normalized spacial score (nSPS) is 41.6. The van der Waals surface area contributed by atoms with Crippen molar-refractivity contribution < 1.29 is 0 Å². The minimum Gasteiger partial charge on any atom is -0.286 e. The standard InChI is InChI=1S/C8H15N2P/c1-7-6-9(2)8-4-3-5-11-10(7)8/h3-4,7-8,11H,5-6H2,1-2H3/t7?,8-/m0/s1. The van der Waals surface area contributed by atoms with Crippen molar-refractivity contribution in [2.24, 2.45) is 0 Å². The third kappa shape index (κ3) is 1.24. The first-order valence-corrected chi connectivity index (χ1v) is 5.33. The monoisotopic (exact) mass is 170 g/mol. The van der Waals surface area contributed by atoms with Crippen LogP contribution in [0.15, 0.2) is 12.2 Å². The highest BCUT2D eigenvalue weighted by Crippen LogP contribution is 2.34. The van der Waals surface area contributed by atoms with E-state index in [4.69, 9.17) is 0 Å². The summed E-state index contributed by atoms with van der Waals surface area (Å²) in [4.78, 5) is 2.42. The molecule has 1 fully saturated rings. The van der Waals surface area contributed by atoms with Crippen molar-refractivity contribution in [3.8, 4) is 0 Å². The predicted molar refractivity (Wildman–Crippen MR) is 50.0 cm³/mol. The third-order valence-electron chi connectivity index (χ3n) is 2.46. The molecule has 62 valence electrons. The van der Waals surface area contributed by atoms with E-state index < -0.39 is 0 Å². The molecule has 0 aromatic carbocycles. The molecule has 2 nitrogen and oxygen atoms in total. The lowest BCUT2D eigenvalue weighted by Crippen LogP contribution is -2.33. The Morgan fingerprint density at radius 2 is 2.36 bits per heavy atom. The molecule has 0 aliphatic carbocycles. The Bertz CT molecular complexity index is 181. The maximum atomic E-state index is 2.60. The second kappa shape index (κ2) is 2.85. The molecule has 0 aromatic rings. The molecule has 1 saturated heterocycles. The lowest BCUT2D eigenvalue weighted by atomic mass is 10.4. The number of likely N-dealkylation sites (N-methyl/N-ethyl adjacent to an activating group) is 1. The minimum absolute atomic E-state index is 0.608. The average molecular weight is 170 g/mol. The first-order chi connectivity index (χ1) is 5.29. The smallest absolute Gasteiger partial charge is 0.0847 e. The van der Waals surface area contributed by atoms with Crippen molar-refractivity contribution in [2.75, 3.05) is 19.8 Å². The van der Waals surface area contributed by atoms with Gasteiger partial charge in [0.15, 0.2) is 0 Å². The summed E-state index contributed by atoms with van der Waals surface area (Å²) in [5, 5.41) is 0. The SMILES string of the molecule is CC1CN(C)[C@@H]2C=CCPN12. The molecule has 3 atom stereocenters. The molecule has 2 rings (SSSR count). The summed E-state index contributed by atoms with van der Waals surface area (Å²) >= 11 is 0. The van der Waals surface area contributed by atoms with Crippen LogP contribution in [0.25, 0.3) is 0 Å². The van der Waals surface area contributed by atoms with Crippen LogP contribution < -0.4 is 0 Å². The fourth-order valence-corrected chi connectivity index (χ4v) is 3.24. The summed E-state index contributed by atoms with van der Waals surface area (Å²) in [6.07, 6.45) is 6.51. The van der Waals surface area contributed by atoms with Gasteiger partial charge in [0.2, 0.25) is 0 Å². The first-order valence-electron chi connectivity index (χ1n) is 4.18. The topological polar surface area (TPSA) is 6.48 Å². The van der Waals surface area contributed by atoms with Crippen LogP contribution in [0.3, 0.4) is 0 Å². The lowest BCUT2D eigenvalue weighted by molar-refractivity contribution is 0.286. The Balaban J connectivity index is 2.17. The van der Waals surface area contributed by atoms with Crippen molar-refractivity contribution in [3.05, 3.63) is 12.2 Å². The van der Waals surface area contributed by atoms with Gasteiger partial charge in [-0.1, -0.05) is 12.2 Å². The van der Waals surface area contributed by atoms with Gasteiger partial charge in [-0.15, -0.1) is 0 Å². The number of fused-ring (bicyclic) bond motifs is 1. The van der Waals surface area contributed by atoms with Crippen molar-refractivity contribution in [1.29, 1.82) is 0 Å². The van der Waals surface area contributed by atoms with Gasteiger partial charge in [0.1, 0.15) is 0 Å². The van der Waals surface area contributed by atoms with Crippen LogP contribution in [-0.2, 0) is 0 Å². The van der Waals surface area contributed by atoms with E-state index in [0.717, 1.165) is 14.8 Å². The van der Waals surface area contributed by atoms with Gasteiger partial charge in [-0.2, -0.15) is 0 Å². The summed E-state index contributed by atoms with van der Waals surface area (Å²) in [5.74, 6) is 0. The summed E-state index contributed by atoms with van der Waals surface area (Å²) in [6.45, 7) is 3.55. The van der Waals surface area contributed by atoms with Gasteiger partial charge in [0.25, 0.3) is 0 Å². The highest BCUT2D eigenvalue weighted by molar-refractivity contribution is 7.35. The number of hydrogen-bond acceptors (Lipinski definition) is 2. The zero-order valence-electron chi connectivity index (χ0n) is 7.12. The summed E-state index contributed by atoms with van der Waals surface area (Å²) in [7, 11) is 3.22. The molecule has 0 aromatic heterocycles. The summed E-state index contributed by atoms with van der Waals surface area (Å²) < 4.78 is 2.60. The van der Waals surface area contributed by atoms with Crippen LogP contribution in [0.5, 0.6) is 0 Å². The van der Waals surface area contributed by atoms with E-state index in [1.165, 1.54) is 12.7 Å². The molecular weight excluding hydrogens is 155 g/mol. The second-order valence-corrected chi connectivity index (χ2v) is 4.64. The molecule has 2 aliphatic rings. The van der Waals surface area contributed by atoms with Gasteiger partial charge in [0.05, 0.1) is 6.17 Å². The Hall–Kier alpha value is 0.0900. The molecule has 0 radical (unpaired) electrons. The molecule has 0 bridgehead atoms. The molecule has 0 spiro atoms. The summed E-state index contributed by atoms with van der Waals surface area (Å²) in [6, 6.07) is 0.758. The third-order valence-corrected chi connectivity index (χ3v) is 3.95. The van der Waals surface area contributed by atoms with E-state index in [2.05, 4.69) is 35.7 Å². The Morgan fingerprint density at radius 1 is 1.55 bits per heavy atom. The van der Waals surface area contributed by atoms with Gasteiger partial charge in [-0.3, -0.25) is 9.57 Å². The zero-order chi connectivity index (χ0) is 7.84. The Labute approximate surface area is 70.1 Å². The second-order valence-electron chi connectivity index (χ2n) is 3.40. The van der Waals surface area contributed by atoms with Gasteiger partial charge in [0, 0.05) is 12.6 Å². The maximum Gasteiger partial charge on any atom is 0.0847 e. The van der Waals surface area contributed by atoms with E-state index in [-0.39, 0.29) is 0 Å². The minimum atomic E-state index is 0.608. The number of rotatable bonds is 0. The van der Waals surface area contributed by atoms with E-state index in [9.17, 15) is 0 Å². The van der Waals surface area contributed by atoms with Gasteiger partial charge >= 0.3 is 0 Å². The average Bonchev–Trinajstić information content (AvgIpc) is 2.30. The van der Waals surface area contributed by atoms with E-state index in [0.29, 0.717) is 6.17 Å². The molecule has 2 aliphatic heterocycles. The number of hydrogen-bond donors (Lipinski definition) is 0. The van der Waals surface area contributed by atoms with Crippen molar-refractivity contribution in [2.45, 2.75) is 19.1 Å². The highest BCUT2D eigenvalue weighted by Gasteiger charge is 2.33. The summed E-state index contributed by atoms with van der Waals surface area (Å²) in [5.41, 5.74) is 0. The first kappa shape index (κ1) is 7.72. The predicted octanol–water partition coefficient (Wildman–Crippen LogP) is 1.11. The molecule has 0 saturated carbocycles. The van der Waals surface area contributed by atoms with Gasteiger partial charge in [-0.05, 0) is 28.9 Å². The quantitative estimate of drug-likeness (QED) is 0.397. The number of nitrogens with zero attached hydrogens (tertiary/aromatic N) is 2. The van der Waals surface area contributed by atoms with Gasteiger partial charge < -0.3 is 0 Å². The Kier molecular flexibility index (Phi) is 2.00. The largest absolute Gasteiger partial charge is 0.286 e. The molecular formula is C8H15N2P. The van der Waals surface area contributed by atoms with E-state index >= 15 is 0 Å². The number of allylic oxidation sites excluding steroid dienone is 1. The van der Waals surface area contributed by atoms with Crippen LogP contribution in [0.2, 0.25) is 0 Å². The van der Waals surface area contributed by atoms with Crippen molar-refractivity contribution in [1.82, 2.24) is 9.57 Å². The van der Waals surface area contributed by atoms with Crippen LogP contribution in [-0.4, -0.2) is 41.5 Å². The zero-order valence-corrected chi connectivity index (χ0v) is 8.12. The fourth-order valence-electron chi connectivity index (χ4n) is 1.92. The van der Waals surface area contributed by atoms with Gasteiger partial charge in [-0.25, -0.2) is 0 Å². The van der Waals surface area contributed by atoms with E-state index in [1.54, 1.807) is 0 Å². The molecule has 0 N–H and O–H groups in total. The van der Waals surface area contributed by atoms with Crippen molar-refractivity contribution >= 4 is 8.73 Å². The molecule has 2 heterocycles. The van der Waals surface area contributed by atoms with E-state index in [1.807, 2.05) is 0 Å². The lowest BCUT2D eigenvalue weighted by Gasteiger charge is -2.29. The maximum absolute atomic E-state index is 2.60. The molecule has 11 heavy (non-hydrogen) atoms. The van der Waals surface area contributed by atoms with Crippen LogP contribution in [0.4, 0.5) is 0 Å². The van der Waals surface area contributed by atoms with Crippen LogP contribution >= 0.6 is 8.73 Å². The van der Waals surface area contributed by atoms with Crippen molar-refractivity contribution in [3.63, 3.8) is 0 Å². The molecule has 0 amide bonds. The molecule has 2 unspecified atom stereocenters.